The zero-order valence-corrected chi connectivity index (χ0v) is 11.3. The highest BCUT2D eigenvalue weighted by atomic mass is 16.5. The highest BCUT2D eigenvalue weighted by molar-refractivity contribution is 6.59. The minimum absolute atomic E-state index is 0.370. The maximum absolute atomic E-state index is 9.34. The Labute approximate surface area is 112 Å². The minimum atomic E-state index is -1.54. The van der Waals surface area contributed by atoms with E-state index < -0.39 is 7.12 Å². The lowest BCUT2D eigenvalue weighted by molar-refractivity contribution is 0.403. The molecule has 0 bridgehead atoms. The highest BCUT2D eigenvalue weighted by Gasteiger charge is 2.17. The lowest BCUT2D eigenvalue weighted by Gasteiger charge is -2.11. The van der Waals surface area contributed by atoms with Gasteiger partial charge in [0, 0.05) is 17.7 Å². The van der Waals surface area contributed by atoms with Crippen LogP contribution in [0.25, 0.3) is 0 Å². The molecule has 19 heavy (non-hydrogen) atoms. The SMILES string of the molecule is COc1ccc(Cn2cnc(C)c2C)cc1B(O)O. The zero-order valence-electron chi connectivity index (χ0n) is 11.3. The molecule has 1 heterocycles. The lowest BCUT2D eigenvalue weighted by Crippen LogP contribution is -2.31. The van der Waals surface area contributed by atoms with Crippen LogP contribution in [0.15, 0.2) is 24.5 Å². The van der Waals surface area contributed by atoms with Crippen molar-refractivity contribution in [1.82, 2.24) is 9.55 Å². The van der Waals surface area contributed by atoms with E-state index in [1.54, 1.807) is 18.5 Å². The molecule has 2 aromatic rings. The second-order valence-electron chi connectivity index (χ2n) is 4.49. The number of imidazole rings is 1. The van der Waals surface area contributed by atoms with Crippen LogP contribution in [0.1, 0.15) is 17.0 Å². The smallest absolute Gasteiger partial charge is 0.492 e. The second-order valence-corrected chi connectivity index (χ2v) is 4.49. The molecule has 0 saturated heterocycles. The first kappa shape index (κ1) is 13.6. The molecule has 6 heteroatoms. The van der Waals surface area contributed by atoms with Crippen LogP contribution in [-0.4, -0.2) is 33.8 Å². The first-order valence-electron chi connectivity index (χ1n) is 6.04. The molecule has 0 radical (unpaired) electrons. The average Bonchev–Trinajstić information content (AvgIpc) is 2.70. The second kappa shape index (κ2) is 5.46. The summed E-state index contributed by atoms with van der Waals surface area (Å²) < 4.78 is 7.12. The molecule has 2 rings (SSSR count). The van der Waals surface area contributed by atoms with E-state index in [2.05, 4.69) is 4.98 Å². The summed E-state index contributed by atoms with van der Waals surface area (Å²) in [6, 6.07) is 5.38. The van der Waals surface area contributed by atoms with Crippen LogP contribution in [0.4, 0.5) is 0 Å². The van der Waals surface area contributed by atoms with E-state index in [0.717, 1.165) is 17.0 Å². The quantitative estimate of drug-likeness (QED) is 0.772. The number of ether oxygens (including phenoxy) is 1. The molecule has 0 unspecified atom stereocenters. The van der Waals surface area contributed by atoms with Crippen molar-refractivity contribution in [3.05, 3.63) is 41.5 Å². The molecule has 1 aromatic heterocycles. The molecule has 0 amide bonds. The number of hydrogen-bond acceptors (Lipinski definition) is 4. The van der Waals surface area contributed by atoms with Crippen molar-refractivity contribution in [2.24, 2.45) is 0 Å². The topological polar surface area (TPSA) is 67.5 Å². The predicted molar refractivity (Wildman–Crippen MR) is 73.6 cm³/mol. The van der Waals surface area contributed by atoms with Gasteiger partial charge >= 0.3 is 7.12 Å². The van der Waals surface area contributed by atoms with Crippen molar-refractivity contribution in [1.29, 1.82) is 0 Å². The molecule has 1 aromatic carbocycles. The van der Waals surface area contributed by atoms with Gasteiger partial charge in [-0.1, -0.05) is 12.1 Å². The Hall–Kier alpha value is -1.79. The van der Waals surface area contributed by atoms with E-state index in [1.165, 1.54) is 7.11 Å². The van der Waals surface area contributed by atoms with E-state index in [0.29, 0.717) is 17.8 Å². The number of nitrogens with zero attached hydrogens (tertiary/aromatic N) is 2. The summed E-state index contributed by atoms with van der Waals surface area (Å²) in [5.41, 5.74) is 3.43. The summed E-state index contributed by atoms with van der Waals surface area (Å²) >= 11 is 0. The van der Waals surface area contributed by atoms with Gasteiger partial charge in [-0.15, -0.1) is 0 Å². The summed E-state index contributed by atoms with van der Waals surface area (Å²) in [5.74, 6) is 0.470. The molecule has 0 spiro atoms. The van der Waals surface area contributed by atoms with E-state index >= 15 is 0 Å². The number of benzene rings is 1. The molecule has 2 N–H and O–H groups in total. The molecule has 0 atom stereocenters. The van der Waals surface area contributed by atoms with E-state index in [1.807, 2.05) is 24.5 Å². The summed E-state index contributed by atoms with van der Waals surface area (Å²) in [7, 11) is -0.0370. The van der Waals surface area contributed by atoms with Crippen molar-refractivity contribution in [3.63, 3.8) is 0 Å². The van der Waals surface area contributed by atoms with Gasteiger partial charge in [-0.3, -0.25) is 0 Å². The Kier molecular flexibility index (Phi) is 3.92. The van der Waals surface area contributed by atoms with Gasteiger partial charge in [0.15, 0.2) is 0 Å². The Morgan fingerprint density at radius 3 is 2.58 bits per heavy atom. The number of aryl methyl sites for hydroxylation is 1. The van der Waals surface area contributed by atoms with Gasteiger partial charge in [-0.05, 0) is 25.5 Å². The molecule has 0 aliphatic heterocycles. The van der Waals surface area contributed by atoms with Gasteiger partial charge in [0.1, 0.15) is 5.75 Å². The third-order valence-corrected chi connectivity index (χ3v) is 3.27. The maximum atomic E-state index is 9.34. The first-order chi connectivity index (χ1) is 9.02. The van der Waals surface area contributed by atoms with E-state index in [9.17, 15) is 10.0 Å². The van der Waals surface area contributed by atoms with Crippen LogP contribution in [0.3, 0.4) is 0 Å². The Balaban J connectivity index is 2.31. The molecule has 5 nitrogen and oxygen atoms in total. The Morgan fingerprint density at radius 1 is 1.32 bits per heavy atom. The summed E-state index contributed by atoms with van der Waals surface area (Å²) in [5, 5.41) is 18.7. The highest BCUT2D eigenvalue weighted by Crippen LogP contribution is 2.13. The fourth-order valence-electron chi connectivity index (χ4n) is 1.98. The first-order valence-corrected chi connectivity index (χ1v) is 6.04. The van der Waals surface area contributed by atoms with Crippen LogP contribution in [-0.2, 0) is 6.54 Å². The van der Waals surface area contributed by atoms with Gasteiger partial charge in [-0.2, -0.15) is 0 Å². The van der Waals surface area contributed by atoms with Crippen LogP contribution in [0.5, 0.6) is 5.75 Å². The molecule has 0 aliphatic carbocycles. The summed E-state index contributed by atoms with van der Waals surface area (Å²) in [6.07, 6.45) is 1.78. The van der Waals surface area contributed by atoms with Crippen LogP contribution in [0.2, 0.25) is 0 Å². The van der Waals surface area contributed by atoms with Crippen LogP contribution >= 0.6 is 0 Å². The molecular formula is C13H17BN2O3. The number of aromatic nitrogens is 2. The van der Waals surface area contributed by atoms with E-state index in [4.69, 9.17) is 4.74 Å². The Bertz CT molecular complexity index is 581. The average molecular weight is 260 g/mol. The maximum Gasteiger partial charge on any atom is 0.492 e. The number of methoxy groups -OCH3 is 1. The normalized spacial score (nSPS) is 10.6. The van der Waals surface area contributed by atoms with Gasteiger partial charge in [0.2, 0.25) is 0 Å². The molecular weight excluding hydrogens is 243 g/mol. The molecule has 0 fully saturated rings. The standard InChI is InChI=1S/C13H17BN2O3/c1-9-10(2)16(8-15-9)7-11-4-5-13(19-3)12(6-11)14(17)18/h4-6,8,17-18H,7H2,1-3H3. The fourth-order valence-corrected chi connectivity index (χ4v) is 1.98. The van der Waals surface area contributed by atoms with Crippen molar-refractivity contribution in [3.8, 4) is 5.75 Å². The van der Waals surface area contributed by atoms with E-state index in [-0.39, 0.29) is 0 Å². The van der Waals surface area contributed by atoms with Gasteiger partial charge in [0.25, 0.3) is 0 Å². The van der Waals surface area contributed by atoms with Crippen molar-refractivity contribution in [2.75, 3.05) is 7.11 Å². The van der Waals surface area contributed by atoms with Gasteiger partial charge in [-0.25, -0.2) is 4.98 Å². The van der Waals surface area contributed by atoms with Crippen molar-refractivity contribution in [2.45, 2.75) is 20.4 Å². The summed E-state index contributed by atoms with van der Waals surface area (Å²) in [6.45, 7) is 4.60. The van der Waals surface area contributed by atoms with Crippen LogP contribution in [0, 0.1) is 13.8 Å². The third-order valence-electron chi connectivity index (χ3n) is 3.27. The molecule has 100 valence electrons. The summed E-state index contributed by atoms with van der Waals surface area (Å²) in [4.78, 5) is 4.24. The van der Waals surface area contributed by atoms with Crippen molar-refractivity contribution < 1.29 is 14.8 Å². The van der Waals surface area contributed by atoms with Crippen LogP contribution < -0.4 is 10.2 Å². The fraction of sp³-hybridized carbons (Fsp3) is 0.308. The van der Waals surface area contributed by atoms with Crippen molar-refractivity contribution >= 4 is 12.6 Å². The monoisotopic (exact) mass is 260 g/mol. The Morgan fingerprint density at radius 2 is 2.05 bits per heavy atom. The van der Waals surface area contributed by atoms with Gasteiger partial charge < -0.3 is 19.4 Å². The predicted octanol–water partition coefficient (Wildman–Crippen LogP) is 0.237. The number of hydrogen-bond donors (Lipinski definition) is 2. The minimum Gasteiger partial charge on any atom is -0.497 e. The third kappa shape index (κ3) is 2.80. The molecule has 0 saturated carbocycles. The number of rotatable bonds is 4. The molecule has 0 aliphatic rings. The zero-order chi connectivity index (χ0) is 14.0. The van der Waals surface area contributed by atoms with Gasteiger partial charge in [0.05, 0.1) is 19.1 Å². The largest absolute Gasteiger partial charge is 0.497 e. The lowest BCUT2D eigenvalue weighted by atomic mass is 9.78.